The van der Waals surface area contributed by atoms with Crippen LogP contribution in [0.1, 0.15) is 5.56 Å². The molecular weight excluding hydrogens is 264 g/mol. The van der Waals surface area contributed by atoms with Gasteiger partial charge in [-0.3, -0.25) is 0 Å². The molecule has 0 unspecified atom stereocenters. The summed E-state index contributed by atoms with van der Waals surface area (Å²) in [5.41, 5.74) is -1.18. The summed E-state index contributed by atoms with van der Waals surface area (Å²) in [6, 6.07) is 2.23. The molecule has 0 aliphatic carbocycles. The molecule has 0 heterocycles. The lowest BCUT2D eigenvalue weighted by atomic mass is 10.1. The molecule has 0 N–H and O–H groups in total. The fraction of sp³-hybridized carbons (Fsp3) is 0.200. The van der Waals surface area contributed by atoms with E-state index in [2.05, 4.69) is 6.58 Å². The predicted molar refractivity (Wildman–Crippen MR) is 58.1 cm³/mol. The summed E-state index contributed by atoms with van der Waals surface area (Å²) in [4.78, 5) is 0. The molecule has 0 aliphatic heterocycles. The van der Waals surface area contributed by atoms with Gasteiger partial charge < -0.3 is 4.74 Å². The van der Waals surface area contributed by atoms with Crippen LogP contribution < -0.4 is 4.74 Å². The van der Waals surface area contributed by atoms with E-state index in [1.54, 1.807) is 0 Å². The molecule has 16 heavy (non-hydrogen) atoms. The minimum atomic E-state index is -4.51. The lowest BCUT2D eigenvalue weighted by molar-refractivity contribution is -0.0686. The van der Waals surface area contributed by atoms with E-state index < -0.39 is 11.7 Å². The van der Waals surface area contributed by atoms with E-state index in [9.17, 15) is 13.2 Å². The van der Waals surface area contributed by atoms with Crippen molar-refractivity contribution in [2.75, 3.05) is 7.11 Å². The SMILES string of the molecule is C=C(c1cc(Cl)c(OC)c(Cl)c1)C(F)(F)F. The number of methoxy groups -OCH3 is 1. The Morgan fingerprint density at radius 2 is 1.69 bits per heavy atom. The minimum absolute atomic E-state index is 0.00963. The van der Waals surface area contributed by atoms with Gasteiger partial charge in [0.2, 0.25) is 0 Å². The van der Waals surface area contributed by atoms with Crippen molar-refractivity contribution in [3.8, 4) is 5.75 Å². The first kappa shape index (κ1) is 13.2. The van der Waals surface area contributed by atoms with Crippen molar-refractivity contribution in [2.45, 2.75) is 6.18 Å². The fourth-order valence-corrected chi connectivity index (χ4v) is 1.73. The zero-order valence-electron chi connectivity index (χ0n) is 8.16. The Balaban J connectivity index is 3.24. The molecule has 0 aromatic heterocycles. The van der Waals surface area contributed by atoms with Crippen LogP contribution in [0.4, 0.5) is 13.2 Å². The third-order valence-electron chi connectivity index (χ3n) is 1.89. The highest BCUT2D eigenvalue weighted by Crippen LogP contribution is 2.39. The molecule has 0 radical (unpaired) electrons. The maximum Gasteiger partial charge on any atom is 0.416 e. The zero-order valence-corrected chi connectivity index (χ0v) is 9.67. The maximum atomic E-state index is 12.4. The van der Waals surface area contributed by atoms with Gasteiger partial charge >= 0.3 is 6.18 Å². The molecule has 0 spiro atoms. The summed E-state index contributed by atoms with van der Waals surface area (Å²) >= 11 is 11.4. The number of rotatable bonds is 2. The second-order valence-electron chi connectivity index (χ2n) is 2.95. The Morgan fingerprint density at radius 1 is 1.25 bits per heavy atom. The van der Waals surface area contributed by atoms with Crippen molar-refractivity contribution in [3.05, 3.63) is 34.3 Å². The molecule has 0 saturated heterocycles. The average Bonchev–Trinajstić information content (AvgIpc) is 2.14. The van der Waals surface area contributed by atoms with Gasteiger partial charge in [-0.05, 0) is 17.7 Å². The lowest BCUT2D eigenvalue weighted by Crippen LogP contribution is -2.09. The molecule has 0 amide bonds. The molecule has 6 heteroatoms. The summed E-state index contributed by atoms with van der Waals surface area (Å²) in [5.74, 6) is 0.141. The predicted octanol–water partition coefficient (Wildman–Crippen LogP) is 4.58. The number of halogens is 5. The van der Waals surface area contributed by atoms with Gasteiger partial charge in [-0.15, -0.1) is 0 Å². The van der Waals surface area contributed by atoms with Gasteiger partial charge in [0.15, 0.2) is 5.75 Å². The maximum absolute atomic E-state index is 12.4. The monoisotopic (exact) mass is 270 g/mol. The van der Waals surface area contributed by atoms with Crippen LogP contribution >= 0.6 is 23.2 Å². The number of allylic oxidation sites excluding steroid dienone is 1. The van der Waals surface area contributed by atoms with Crippen LogP contribution in [0.15, 0.2) is 18.7 Å². The number of alkyl halides is 3. The van der Waals surface area contributed by atoms with Crippen LogP contribution in [0, 0.1) is 0 Å². The normalized spacial score (nSPS) is 11.4. The van der Waals surface area contributed by atoms with Crippen LogP contribution in [0.5, 0.6) is 5.75 Å². The summed E-state index contributed by atoms with van der Waals surface area (Å²) < 4.78 is 41.9. The number of benzene rings is 1. The Hall–Kier alpha value is -0.870. The van der Waals surface area contributed by atoms with Gasteiger partial charge in [0.05, 0.1) is 22.7 Å². The van der Waals surface area contributed by atoms with E-state index in [4.69, 9.17) is 27.9 Å². The molecule has 1 aromatic rings. The van der Waals surface area contributed by atoms with Crippen LogP contribution in [0.3, 0.4) is 0 Å². The second kappa shape index (κ2) is 4.55. The standard InChI is InChI=1S/C10H7Cl2F3O/c1-5(10(13,14)15)6-3-7(11)9(16-2)8(12)4-6/h3-4H,1H2,2H3. The van der Waals surface area contributed by atoms with Crippen LogP contribution in [-0.2, 0) is 0 Å². The highest BCUT2D eigenvalue weighted by atomic mass is 35.5. The Morgan fingerprint density at radius 3 is 2.00 bits per heavy atom. The van der Waals surface area contributed by atoms with Crippen molar-refractivity contribution in [1.82, 2.24) is 0 Å². The smallest absolute Gasteiger partial charge is 0.416 e. The molecular formula is C10H7Cl2F3O. The zero-order chi connectivity index (χ0) is 12.5. The number of ether oxygens (including phenoxy) is 1. The number of hydrogen-bond donors (Lipinski definition) is 0. The van der Waals surface area contributed by atoms with Gasteiger partial charge in [0.1, 0.15) is 0 Å². The van der Waals surface area contributed by atoms with Crippen molar-refractivity contribution in [3.63, 3.8) is 0 Å². The summed E-state index contributed by atoms with van der Waals surface area (Å²) in [6.45, 7) is 2.95. The fourth-order valence-electron chi connectivity index (χ4n) is 1.09. The van der Waals surface area contributed by atoms with E-state index in [1.807, 2.05) is 0 Å². The molecule has 0 saturated carbocycles. The summed E-state index contributed by atoms with van der Waals surface area (Å²) in [7, 11) is 1.32. The van der Waals surface area contributed by atoms with E-state index in [1.165, 1.54) is 7.11 Å². The summed E-state index contributed by atoms with van der Waals surface area (Å²) in [5, 5.41) is 0.0193. The van der Waals surface area contributed by atoms with Crippen LogP contribution in [-0.4, -0.2) is 13.3 Å². The molecule has 88 valence electrons. The van der Waals surface area contributed by atoms with E-state index in [-0.39, 0.29) is 21.4 Å². The third-order valence-corrected chi connectivity index (χ3v) is 2.45. The molecule has 1 rings (SSSR count). The van der Waals surface area contributed by atoms with Crippen LogP contribution in [0.2, 0.25) is 10.0 Å². The molecule has 0 atom stereocenters. The first-order valence-corrected chi connectivity index (χ1v) is 4.82. The van der Waals surface area contributed by atoms with Crippen LogP contribution in [0.25, 0.3) is 5.57 Å². The third kappa shape index (κ3) is 2.62. The van der Waals surface area contributed by atoms with Gasteiger partial charge in [-0.1, -0.05) is 29.8 Å². The largest absolute Gasteiger partial charge is 0.494 e. The first-order chi connectivity index (χ1) is 7.27. The topological polar surface area (TPSA) is 9.23 Å². The first-order valence-electron chi connectivity index (χ1n) is 4.07. The molecule has 1 nitrogen and oxygen atoms in total. The van der Waals surface area contributed by atoms with E-state index in [0.717, 1.165) is 12.1 Å². The van der Waals surface area contributed by atoms with Gasteiger partial charge in [-0.2, -0.15) is 13.2 Å². The lowest BCUT2D eigenvalue weighted by Gasteiger charge is -2.13. The van der Waals surface area contributed by atoms with Crippen molar-refractivity contribution in [1.29, 1.82) is 0 Å². The van der Waals surface area contributed by atoms with Gasteiger partial charge in [-0.25, -0.2) is 0 Å². The average molecular weight is 271 g/mol. The molecule has 0 fully saturated rings. The van der Waals surface area contributed by atoms with Gasteiger partial charge in [0, 0.05) is 0 Å². The summed E-state index contributed by atoms with van der Waals surface area (Å²) in [6.07, 6.45) is -4.51. The van der Waals surface area contributed by atoms with E-state index in [0.29, 0.717) is 0 Å². The Labute approximate surface area is 100 Å². The highest BCUT2D eigenvalue weighted by Gasteiger charge is 2.33. The molecule has 1 aromatic carbocycles. The van der Waals surface area contributed by atoms with Crippen molar-refractivity contribution < 1.29 is 17.9 Å². The van der Waals surface area contributed by atoms with Gasteiger partial charge in [0.25, 0.3) is 0 Å². The highest BCUT2D eigenvalue weighted by molar-refractivity contribution is 6.37. The molecule has 0 aliphatic rings. The molecule has 0 bridgehead atoms. The quantitative estimate of drug-likeness (QED) is 0.765. The second-order valence-corrected chi connectivity index (χ2v) is 3.76. The van der Waals surface area contributed by atoms with Crippen molar-refractivity contribution >= 4 is 28.8 Å². The Kier molecular flexibility index (Phi) is 3.76. The number of hydrogen-bond acceptors (Lipinski definition) is 1. The minimum Gasteiger partial charge on any atom is -0.494 e. The Bertz CT molecular complexity index is 404. The van der Waals surface area contributed by atoms with E-state index >= 15 is 0 Å². The van der Waals surface area contributed by atoms with Crippen molar-refractivity contribution in [2.24, 2.45) is 0 Å².